The Morgan fingerprint density at radius 1 is 1.31 bits per heavy atom. The van der Waals surface area contributed by atoms with Gasteiger partial charge in [-0.1, -0.05) is 0 Å². The van der Waals surface area contributed by atoms with E-state index in [1.165, 1.54) is 31.2 Å². The summed E-state index contributed by atoms with van der Waals surface area (Å²) in [6.07, 6.45) is 8.90. The number of aryl methyl sites for hydroxylation is 1. The highest BCUT2D eigenvalue weighted by atomic mass is 14.9. The number of rotatable bonds is 5. The topological polar surface area (TPSA) is 24.9 Å². The minimum absolute atomic E-state index is 0.845. The van der Waals surface area contributed by atoms with Crippen LogP contribution in [0.4, 0.5) is 0 Å². The lowest BCUT2D eigenvalue weighted by atomic mass is 10.1. The average molecular weight is 176 g/mol. The Labute approximate surface area is 79.4 Å². The van der Waals surface area contributed by atoms with Gasteiger partial charge in [-0.3, -0.25) is 4.98 Å². The van der Waals surface area contributed by atoms with Crippen molar-refractivity contribution >= 4 is 0 Å². The summed E-state index contributed by atoms with van der Waals surface area (Å²) in [7, 11) is 0. The van der Waals surface area contributed by atoms with Gasteiger partial charge in [0.05, 0.1) is 0 Å². The van der Waals surface area contributed by atoms with E-state index in [4.69, 9.17) is 0 Å². The van der Waals surface area contributed by atoms with Crippen LogP contribution in [-0.2, 0) is 6.42 Å². The van der Waals surface area contributed by atoms with E-state index in [0.717, 1.165) is 12.6 Å². The minimum Gasteiger partial charge on any atom is -0.314 e. The van der Waals surface area contributed by atoms with Crippen molar-refractivity contribution in [2.75, 3.05) is 6.54 Å². The molecule has 1 heterocycles. The number of nitrogens with one attached hydrogen (secondary N) is 1. The quantitative estimate of drug-likeness (QED) is 0.691. The van der Waals surface area contributed by atoms with Crippen LogP contribution in [0, 0.1) is 0 Å². The predicted molar refractivity (Wildman–Crippen MR) is 53.6 cm³/mol. The van der Waals surface area contributed by atoms with E-state index in [9.17, 15) is 0 Å². The molecule has 0 amide bonds. The zero-order valence-corrected chi connectivity index (χ0v) is 7.87. The van der Waals surface area contributed by atoms with Crippen molar-refractivity contribution in [3.8, 4) is 0 Å². The highest BCUT2D eigenvalue weighted by molar-refractivity contribution is 5.09. The van der Waals surface area contributed by atoms with Crippen LogP contribution in [0.15, 0.2) is 24.5 Å². The van der Waals surface area contributed by atoms with Gasteiger partial charge in [0.15, 0.2) is 0 Å². The van der Waals surface area contributed by atoms with E-state index < -0.39 is 0 Å². The van der Waals surface area contributed by atoms with Gasteiger partial charge < -0.3 is 5.32 Å². The number of aromatic nitrogens is 1. The van der Waals surface area contributed by atoms with Crippen LogP contribution in [0.3, 0.4) is 0 Å². The Kier molecular flexibility index (Phi) is 2.93. The predicted octanol–water partition coefficient (Wildman–Crippen LogP) is 1.77. The van der Waals surface area contributed by atoms with Crippen LogP contribution in [-0.4, -0.2) is 17.6 Å². The van der Waals surface area contributed by atoms with Crippen LogP contribution in [0.1, 0.15) is 24.8 Å². The van der Waals surface area contributed by atoms with Crippen LogP contribution in [0.2, 0.25) is 0 Å². The summed E-state index contributed by atoms with van der Waals surface area (Å²) in [6.45, 7) is 1.16. The van der Waals surface area contributed by atoms with Crippen LogP contribution in [0.5, 0.6) is 0 Å². The van der Waals surface area contributed by atoms with Gasteiger partial charge in [0.25, 0.3) is 0 Å². The van der Waals surface area contributed by atoms with E-state index in [-0.39, 0.29) is 0 Å². The zero-order valence-electron chi connectivity index (χ0n) is 7.87. The second-order valence-electron chi connectivity index (χ2n) is 3.69. The molecule has 1 saturated carbocycles. The summed E-state index contributed by atoms with van der Waals surface area (Å²) in [5.74, 6) is 0. The van der Waals surface area contributed by atoms with Crippen molar-refractivity contribution in [1.82, 2.24) is 10.3 Å². The Hall–Kier alpha value is -0.890. The van der Waals surface area contributed by atoms with Crippen molar-refractivity contribution in [3.63, 3.8) is 0 Å². The Bertz CT molecular complexity index is 242. The van der Waals surface area contributed by atoms with Crippen LogP contribution < -0.4 is 5.32 Å². The zero-order chi connectivity index (χ0) is 8.93. The summed E-state index contributed by atoms with van der Waals surface area (Å²) in [4.78, 5) is 4.00. The second kappa shape index (κ2) is 4.38. The van der Waals surface area contributed by atoms with Crippen LogP contribution in [0.25, 0.3) is 0 Å². The molecule has 1 aliphatic carbocycles. The standard InChI is InChI=1S/C11H16N2/c1(7-13-11-3-4-11)2-10-5-8-12-9-6-10/h5-6,8-9,11,13H,1-4,7H2. The fraction of sp³-hybridized carbons (Fsp3) is 0.545. The maximum Gasteiger partial charge on any atom is 0.0270 e. The molecule has 2 rings (SSSR count). The van der Waals surface area contributed by atoms with E-state index in [1.54, 1.807) is 0 Å². The maximum atomic E-state index is 4.00. The number of pyridine rings is 1. The van der Waals surface area contributed by atoms with Gasteiger partial charge in [-0.05, 0) is 49.9 Å². The largest absolute Gasteiger partial charge is 0.314 e. The first-order valence-electron chi connectivity index (χ1n) is 5.07. The van der Waals surface area contributed by atoms with Crippen molar-refractivity contribution in [1.29, 1.82) is 0 Å². The molecule has 1 fully saturated rings. The van der Waals surface area contributed by atoms with Crippen molar-refractivity contribution in [3.05, 3.63) is 30.1 Å². The fourth-order valence-electron chi connectivity index (χ4n) is 1.44. The van der Waals surface area contributed by atoms with E-state index in [2.05, 4.69) is 22.4 Å². The molecule has 0 unspecified atom stereocenters. The molecule has 1 aromatic heterocycles. The number of hydrogen-bond acceptors (Lipinski definition) is 2. The molecule has 0 saturated heterocycles. The normalized spacial score (nSPS) is 16.0. The summed E-state index contributed by atoms with van der Waals surface area (Å²) in [5.41, 5.74) is 1.40. The van der Waals surface area contributed by atoms with Gasteiger partial charge >= 0.3 is 0 Å². The third-order valence-corrected chi connectivity index (χ3v) is 2.40. The molecule has 0 atom stereocenters. The smallest absolute Gasteiger partial charge is 0.0270 e. The molecule has 2 heteroatoms. The van der Waals surface area contributed by atoms with Gasteiger partial charge in [-0.15, -0.1) is 0 Å². The number of nitrogens with zero attached hydrogens (tertiary/aromatic N) is 1. The van der Waals surface area contributed by atoms with Gasteiger partial charge in [-0.25, -0.2) is 0 Å². The molecule has 1 aromatic rings. The van der Waals surface area contributed by atoms with Crippen molar-refractivity contribution in [2.45, 2.75) is 31.7 Å². The second-order valence-corrected chi connectivity index (χ2v) is 3.69. The third kappa shape index (κ3) is 3.15. The molecule has 13 heavy (non-hydrogen) atoms. The summed E-state index contributed by atoms with van der Waals surface area (Å²) >= 11 is 0. The van der Waals surface area contributed by atoms with Crippen molar-refractivity contribution < 1.29 is 0 Å². The molecular weight excluding hydrogens is 160 g/mol. The fourth-order valence-corrected chi connectivity index (χ4v) is 1.44. The highest BCUT2D eigenvalue weighted by Gasteiger charge is 2.19. The number of hydrogen-bond donors (Lipinski definition) is 1. The van der Waals surface area contributed by atoms with E-state index in [0.29, 0.717) is 0 Å². The first kappa shape index (κ1) is 8.70. The molecule has 0 radical (unpaired) electrons. The minimum atomic E-state index is 0.845. The van der Waals surface area contributed by atoms with Gasteiger partial charge in [0, 0.05) is 18.4 Å². The molecule has 0 spiro atoms. The third-order valence-electron chi connectivity index (χ3n) is 2.40. The van der Waals surface area contributed by atoms with Gasteiger partial charge in [-0.2, -0.15) is 0 Å². The maximum absolute atomic E-state index is 4.00. The summed E-state index contributed by atoms with van der Waals surface area (Å²) in [5, 5.41) is 3.51. The molecule has 2 nitrogen and oxygen atoms in total. The van der Waals surface area contributed by atoms with E-state index in [1.807, 2.05) is 12.4 Å². The van der Waals surface area contributed by atoms with E-state index >= 15 is 0 Å². The lowest BCUT2D eigenvalue weighted by Crippen LogP contribution is -2.17. The average Bonchev–Trinajstić information content (AvgIpc) is 2.98. The molecule has 1 aliphatic rings. The molecule has 1 N–H and O–H groups in total. The molecular formula is C11H16N2. The van der Waals surface area contributed by atoms with Gasteiger partial charge in [0.2, 0.25) is 0 Å². The Morgan fingerprint density at radius 3 is 2.77 bits per heavy atom. The summed E-state index contributed by atoms with van der Waals surface area (Å²) in [6, 6.07) is 5.03. The SMILES string of the molecule is c1cc(CCCNC2CC2)ccn1. The molecule has 0 aliphatic heterocycles. The molecule has 0 aromatic carbocycles. The van der Waals surface area contributed by atoms with Crippen molar-refractivity contribution in [2.24, 2.45) is 0 Å². The Balaban J connectivity index is 1.61. The lowest BCUT2D eigenvalue weighted by molar-refractivity contribution is 0.645. The van der Waals surface area contributed by atoms with Gasteiger partial charge in [0.1, 0.15) is 0 Å². The monoisotopic (exact) mass is 176 g/mol. The van der Waals surface area contributed by atoms with Crippen LogP contribution >= 0.6 is 0 Å². The molecule has 70 valence electrons. The summed E-state index contributed by atoms with van der Waals surface area (Å²) < 4.78 is 0. The first-order valence-corrected chi connectivity index (χ1v) is 5.07. The first-order chi connectivity index (χ1) is 6.45. The molecule has 0 bridgehead atoms. The lowest BCUT2D eigenvalue weighted by Gasteiger charge is -2.02. The Morgan fingerprint density at radius 2 is 2.08 bits per heavy atom. The highest BCUT2D eigenvalue weighted by Crippen LogP contribution is 2.18.